The van der Waals surface area contributed by atoms with Gasteiger partial charge in [-0.25, -0.2) is 4.98 Å². The molecule has 1 saturated carbocycles. The van der Waals surface area contributed by atoms with Crippen LogP contribution in [0, 0.1) is 0 Å². The van der Waals surface area contributed by atoms with Crippen LogP contribution >= 0.6 is 11.3 Å². The molecule has 0 radical (unpaired) electrons. The Kier molecular flexibility index (Phi) is 5.12. The minimum absolute atomic E-state index is 0.0677. The lowest BCUT2D eigenvalue weighted by atomic mass is 10.1. The van der Waals surface area contributed by atoms with E-state index in [9.17, 15) is 9.90 Å². The van der Waals surface area contributed by atoms with Gasteiger partial charge in [0.2, 0.25) is 0 Å². The number of aliphatic hydroxyl groups excluding tert-OH is 1. The van der Waals surface area contributed by atoms with E-state index in [-0.39, 0.29) is 11.6 Å². The average Bonchev–Trinajstić information content (AvgIpc) is 3.53. The molecule has 2 aliphatic rings. The van der Waals surface area contributed by atoms with Gasteiger partial charge in [0.15, 0.2) is 0 Å². The van der Waals surface area contributed by atoms with Gasteiger partial charge in [-0.2, -0.15) is 0 Å². The van der Waals surface area contributed by atoms with Gasteiger partial charge >= 0.3 is 0 Å². The Labute approximate surface area is 195 Å². The summed E-state index contributed by atoms with van der Waals surface area (Å²) in [5, 5.41) is 18.8. The highest BCUT2D eigenvalue weighted by molar-refractivity contribution is 7.09. The summed E-state index contributed by atoms with van der Waals surface area (Å²) in [5.74, 6) is 0.546. The molecule has 1 saturated heterocycles. The van der Waals surface area contributed by atoms with E-state index in [1.807, 2.05) is 16.8 Å². The van der Waals surface area contributed by atoms with Gasteiger partial charge < -0.3 is 30.2 Å². The Hall–Kier alpha value is -2.88. The van der Waals surface area contributed by atoms with E-state index in [1.165, 1.54) is 5.69 Å². The van der Waals surface area contributed by atoms with Crippen molar-refractivity contribution in [3.63, 3.8) is 0 Å². The van der Waals surface area contributed by atoms with Crippen molar-refractivity contribution in [2.24, 2.45) is 0 Å². The van der Waals surface area contributed by atoms with Gasteiger partial charge in [-0.15, -0.1) is 11.3 Å². The first-order valence-electron chi connectivity index (χ1n) is 11.6. The van der Waals surface area contributed by atoms with Gasteiger partial charge in [0, 0.05) is 48.0 Å². The van der Waals surface area contributed by atoms with Crippen molar-refractivity contribution in [3.05, 3.63) is 39.3 Å². The molecule has 172 valence electrons. The Morgan fingerprint density at radius 3 is 2.76 bits per heavy atom. The third-order valence-electron chi connectivity index (χ3n) is 7.04. The molecule has 2 atom stereocenters. The highest BCUT2D eigenvalue weighted by Crippen LogP contribution is 2.35. The van der Waals surface area contributed by atoms with E-state index < -0.39 is 6.10 Å². The minimum Gasteiger partial charge on any atom is -0.391 e. The van der Waals surface area contributed by atoms with E-state index in [0.717, 1.165) is 73.1 Å². The van der Waals surface area contributed by atoms with Crippen molar-refractivity contribution in [3.8, 4) is 11.4 Å². The lowest BCUT2D eigenvalue weighted by Gasteiger charge is -2.34. The summed E-state index contributed by atoms with van der Waals surface area (Å²) in [6.45, 7) is 4.08. The third-order valence-corrected chi connectivity index (χ3v) is 7.78. The van der Waals surface area contributed by atoms with Crippen LogP contribution in [0.4, 0.5) is 11.4 Å². The van der Waals surface area contributed by atoms with E-state index in [1.54, 1.807) is 11.3 Å². The highest BCUT2D eigenvalue weighted by atomic mass is 32.1. The number of aromatic nitrogens is 3. The zero-order valence-corrected chi connectivity index (χ0v) is 19.4. The maximum absolute atomic E-state index is 13.2. The van der Waals surface area contributed by atoms with E-state index >= 15 is 0 Å². The van der Waals surface area contributed by atoms with Gasteiger partial charge in [0.05, 0.1) is 34.4 Å². The van der Waals surface area contributed by atoms with Crippen molar-refractivity contribution in [2.45, 2.75) is 31.4 Å². The number of fused-ring (bicyclic) bond motifs is 2. The zero-order valence-electron chi connectivity index (χ0n) is 18.6. The second kappa shape index (κ2) is 8.16. The lowest BCUT2D eigenvalue weighted by Crippen LogP contribution is -2.44. The molecule has 0 unspecified atom stereocenters. The van der Waals surface area contributed by atoms with Crippen LogP contribution in [-0.2, 0) is 0 Å². The fraction of sp³-hybridized carbons (Fsp3) is 0.417. The molecular formula is C24H28N6O2S. The first-order valence-corrected chi connectivity index (χ1v) is 12.5. The fourth-order valence-corrected chi connectivity index (χ4v) is 5.84. The number of hydrogen-bond donors (Lipinski definition) is 4. The average molecular weight is 465 g/mol. The van der Waals surface area contributed by atoms with Gasteiger partial charge in [-0.3, -0.25) is 4.79 Å². The number of pyridine rings is 1. The first-order chi connectivity index (χ1) is 16.1. The number of imidazole rings is 1. The van der Waals surface area contributed by atoms with Crippen LogP contribution in [0.1, 0.15) is 19.3 Å². The fourth-order valence-electron chi connectivity index (χ4n) is 5.07. The summed E-state index contributed by atoms with van der Waals surface area (Å²) in [6, 6.07) is 6.19. The number of rotatable bonds is 4. The second-order valence-electron chi connectivity index (χ2n) is 9.23. The number of anilines is 2. The second-order valence-corrected chi connectivity index (χ2v) is 9.97. The Morgan fingerprint density at radius 1 is 1.12 bits per heavy atom. The number of hydrogen-bond acceptors (Lipinski definition) is 7. The quantitative estimate of drug-likeness (QED) is 0.370. The molecule has 33 heavy (non-hydrogen) atoms. The van der Waals surface area contributed by atoms with Crippen LogP contribution in [0.5, 0.6) is 0 Å². The molecule has 6 rings (SSSR count). The number of benzene rings is 1. The number of H-pyrrole nitrogens is 2. The Bertz CT molecular complexity index is 1370. The molecule has 0 bridgehead atoms. The van der Waals surface area contributed by atoms with E-state index in [2.05, 4.69) is 44.3 Å². The van der Waals surface area contributed by atoms with Crippen LogP contribution in [0.3, 0.4) is 0 Å². The summed E-state index contributed by atoms with van der Waals surface area (Å²) in [7, 11) is 2.15. The first kappa shape index (κ1) is 20.7. The smallest absolute Gasteiger partial charge is 0.261 e. The van der Waals surface area contributed by atoms with Gasteiger partial charge in [-0.1, -0.05) is 0 Å². The van der Waals surface area contributed by atoms with Gasteiger partial charge in [-0.05, 0) is 44.5 Å². The summed E-state index contributed by atoms with van der Waals surface area (Å²) in [5.41, 5.74) is 4.78. The Balaban J connectivity index is 1.43. The zero-order chi connectivity index (χ0) is 22.5. The SMILES string of the molecule is CN1CCN(c2ccc3nc(-c4c(N[C@@H]5CCC[C@H]5O)c5cscc5[nH]c4=O)[nH]c3c2)CC1. The molecule has 1 aromatic carbocycles. The van der Waals surface area contributed by atoms with Crippen LogP contribution in [-0.4, -0.2) is 70.3 Å². The maximum atomic E-state index is 13.2. The van der Waals surface area contributed by atoms with Crippen molar-refractivity contribution < 1.29 is 5.11 Å². The van der Waals surface area contributed by atoms with Crippen LogP contribution in [0.15, 0.2) is 33.8 Å². The van der Waals surface area contributed by atoms with Crippen molar-refractivity contribution >= 4 is 44.6 Å². The number of aliphatic hydroxyl groups is 1. The molecule has 0 spiro atoms. The molecule has 4 heterocycles. The van der Waals surface area contributed by atoms with Crippen LogP contribution in [0.2, 0.25) is 0 Å². The predicted octanol–water partition coefficient (Wildman–Crippen LogP) is 3.21. The lowest BCUT2D eigenvalue weighted by molar-refractivity contribution is 0.172. The third kappa shape index (κ3) is 3.70. The molecule has 2 fully saturated rings. The summed E-state index contributed by atoms with van der Waals surface area (Å²) >= 11 is 1.55. The van der Waals surface area contributed by atoms with Crippen LogP contribution < -0.4 is 15.8 Å². The standard InChI is InChI=1S/C24H28N6O2S/c1-29-7-9-30(10-8-29)14-5-6-16-18(11-14)27-23(26-16)21-22(25-17-3-2-4-20(17)31)15-12-33-13-19(15)28-24(21)32/h5-6,11-13,17,20,25,31H,2-4,7-10H2,1H3,(H,26,27)(H,28,32)/t17-,20-/m1/s1. The summed E-state index contributed by atoms with van der Waals surface area (Å²) in [6.07, 6.45) is 2.23. The topological polar surface area (TPSA) is 100 Å². The maximum Gasteiger partial charge on any atom is 0.261 e. The van der Waals surface area contributed by atoms with Gasteiger partial charge in [0.25, 0.3) is 5.56 Å². The molecule has 4 aromatic rings. The monoisotopic (exact) mass is 464 g/mol. The molecule has 1 aliphatic carbocycles. The molecule has 0 amide bonds. The van der Waals surface area contributed by atoms with Gasteiger partial charge in [0.1, 0.15) is 11.4 Å². The predicted molar refractivity (Wildman–Crippen MR) is 135 cm³/mol. The van der Waals surface area contributed by atoms with E-state index in [4.69, 9.17) is 4.98 Å². The molecular weight excluding hydrogens is 436 g/mol. The number of piperazine rings is 1. The summed E-state index contributed by atoms with van der Waals surface area (Å²) in [4.78, 5) is 29.1. The minimum atomic E-state index is -0.410. The molecule has 1 aliphatic heterocycles. The summed E-state index contributed by atoms with van der Waals surface area (Å²) < 4.78 is 0. The molecule has 3 aromatic heterocycles. The Morgan fingerprint density at radius 2 is 1.97 bits per heavy atom. The highest BCUT2D eigenvalue weighted by Gasteiger charge is 2.28. The number of thiophene rings is 1. The van der Waals surface area contributed by atoms with Crippen molar-refractivity contribution in [1.29, 1.82) is 0 Å². The van der Waals surface area contributed by atoms with Crippen LogP contribution in [0.25, 0.3) is 33.3 Å². The normalized spacial score (nSPS) is 21.9. The largest absolute Gasteiger partial charge is 0.391 e. The number of nitrogens with zero attached hydrogens (tertiary/aromatic N) is 3. The molecule has 9 heteroatoms. The number of nitrogens with one attached hydrogen (secondary N) is 3. The van der Waals surface area contributed by atoms with Crippen molar-refractivity contribution in [2.75, 3.05) is 43.4 Å². The number of aromatic amines is 2. The number of likely N-dealkylation sites (N-methyl/N-ethyl adjacent to an activating group) is 1. The molecule has 8 nitrogen and oxygen atoms in total. The van der Waals surface area contributed by atoms with E-state index in [0.29, 0.717) is 11.4 Å². The van der Waals surface area contributed by atoms with Crippen molar-refractivity contribution in [1.82, 2.24) is 19.9 Å². The molecule has 4 N–H and O–H groups in total.